The minimum absolute atomic E-state index is 0.142. The molecule has 40 heavy (non-hydrogen) atoms. The Bertz CT molecular complexity index is 1630. The maximum Gasteiger partial charge on any atom is 0.320 e. The number of anilines is 1. The lowest BCUT2D eigenvalue weighted by atomic mass is 10.0. The Morgan fingerprint density at radius 2 is 1.60 bits per heavy atom. The van der Waals surface area contributed by atoms with Crippen LogP contribution in [-0.2, 0) is 14.8 Å². The first-order valence-corrected chi connectivity index (χ1v) is 13.8. The number of hydrogen-bond acceptors (Lipinski definition) is 9. The first kappa shape index (κ1) is 28.4. The molecule has 0 spiro atoms. The van der Waals surface area contributed by atoms with Crippen LogP contribution in [0.3, 0.4) is 0 Å². The van der Waals surface area contributed by atoms with Gasteiger partial charge < -0.3 is 14.9 Å². The molecule has 0 aliphatic rings. The van der Waals surface area contributed by atoms with Crippen LogP contribution in [-0.4, -0.2) is 59.4 Å². The molecule has 12 nitrogen and oxygen atoms in total. The molecule has 4 rings (SSSR count). The van der Waals surface area contributed by atoms with Crippen LogP contribution in [0.25, 0.3) is 33.3 Å². The fourth-order valence-electron chi connectivity index (χ4n) is 3.93. The summed E-state index contributed by atoms with van der Waals surface area (Å²) in [5.74, 6) is 2.73. The van der Waals surface area contributed by atoms with Gasteiger partial charge in [-0.3, -0.25) is 19.7 Å². The topological polar surface area (TPSA) is 194 Å². The summed E-state index contributed by atoms with van der Waals surface area (Å²) in [5.41, 5.74) is 5.53. The monoisotopic (exact) mass is 565 g/mol. The van der Waals surface area contributed by atoms with Gasteiger partial charge in [-0.25, -0.2) is 24.2 Å². The minimum Gasteiger partial charge on any atom is -0.494 e. The normalized spacial score (nSPS) is 11.2. The van der Waals surface area contributed by atoms with Gasteiger partial charge in [0.05, 0.1) is 23.4 Å². The largest absolute Gasteiger partial charge is 0.494 e. The van der Waals surface area contributed by atoms with Crippen LogP contribution >= 0.6 is 0 Å². The lowest BCUT2D eigenvalue weighted by Crippen LogP contribution is -2.30. The number of unbranched alkanes of at least 4 members (excludes halogenated alkanes) is 1. The number of nitrogen functional groups attached to an aromatic ring is 1. The van der Waals surface area contributed by atoms with E-state index in [-0.39, 0.29) is 23.5 Å². The number of rotatable bonds is 12. The van der Waals surface area contributed by atoms with E-state index in [4.69, 9.17) is 20.8 Å². The van der Waals surface area contributed by atoms with E-state index in [0.717, 1.165) is 23.3 Å². The third-order valence-corrected chi connectivity index (χ3v) is 6.98. The molecule has 0 saturated carbocycles. The predicted molar refractivity (Wildman–Crippen MR) is 149 cm³/mol. The van der Waals surface area contributed by atoms with Gasteiger partial charge in [0.25, 0.3) is 5.91 Å². The van der Waals surface area contributed by atoms with E-state index >= 15 is 0 Å². The van der Waals surface area contributed by atoms with Crippen LogP contribution < -0.4 is 20.7 Å². The van der Waals surface area contributed by atoms with Crippen molar-refractivity contribution >= 4 is 38.6 Å². The molecular weight excluding hydrogens is 538 g/mol. The molecule has 0 fully saturated rings. The van der Waals surface area contributed by atoms with Gasteiger partial charge in [0.15, 0.2) is 5.75 Å². The standard InChI is InChI=1S/C27H27N5O7S/c28-31-27(36)21-13-23(30-24-14-25(29-15-22(21)24)32-40(37,38)16-26(34)35)19-5-3-17(4-6-19)18-7-9-20(10-8-18)39-12-2-1-11-33/h3-10,13-15,33H,1-2,11-12,16,28H2,(H,29,32)(H,31,36)(H,34,35). The number of carbonyl (C=O) groups excluding carboxylic acids is 1. The number of carbonyl (C=O) groups is 2. The molecule has 208 valence electrons. The summed E-state index contributed by atoms with van der Waals surface area (Å²) < 4.78 is 31.9. The lowest BCUT2D eigenvalue weighted by Gasteiger charge is -2.11. The molecule has 2 aromatic carbocycles. The Kier molecular flexibility index (Phi) is 8.89. The summed E-state index contributed by atoms with van der Waals surface area (Å²) in [6, 6.07) is 18.0. The molecule has 6 N–H and O–H groups in total. The van der Waals surface area contributed by atoms with Crippen molar-refractivity contribution in [2.75, 3.05) is 23.7 Å². The average Bonchev–Trinajstić information content (AvgIpc) is 2.93. The maximum atomic E-state index is 12.5. The number of nitrogens with two attached hydrogens (primary N) is 1. The van der Waals surface area contributed by atoms with Gasteiger partial charge in [0, 0.05) is 29.8 Å². The van der Waals surface area contributed by atoms with E-state index in [1.54, 1.807) is 6.07 Å². The predicted octanol–water partition coefficient (Wildman–Crippen LogP) is 2.54. The highest BCUT2D eigenvalue weighted by Gasteiger charge is 2.19. The van der Waals surface area contributed by atoms with E-state index in [2.05, 4.69) is 20.1 Å². The Balaban J connectivity index is 1.62. The highest BCUT2D eigenvalue weighted by Crippen LogP contribution is 2.29. The van der Waals surface area contributed by atoms with E-state index in [0.29, 0.717) is 29.7 Å². The molecule has 0 unspecified atom stereocenters. The smallest absolute Gasteiger partial charge is 0.320 e. The fourth-order valence-corrected chi connectivity index (χ4v) is 4.76. The van der Waals surface area contributed by atoms with E-state index in [1.807, 2.05) is 48.5 Å². The summed E-state index contributed by atoms with van der Waals surface area (Å²) in [6.07, 6.45) is 2.73. The van der Waals surface area contributed by atoms with Crippen molar-refractivity contribution in [2.45, 2.75) is 12.8 Å². The van der Waals surface area contributed by atoms with E-state index in [9.17, 15) is 18.0 Å². The Hall–Kier alpha value is -4.59. The van der Waals surface area contributed by atoms with Crippen LogP contribution in [0.5, 0.6) is 5.75 Å². The number of carboxylic acids is 1. The number of pyridine rings is 2. The molecule has 0 atom stereocenters. The second kappa shape index (κ2) is 12.5. The number of hydrazine groups is 1. The second-order valence-electron chi connectivity index (χ2n) is 8.75. The highest BCUT2D eigenvalue weighted by molar-refractivity contribution is 7.93. The molecular formula is C27H27N5O7S. The summed E-state index contributed by atoms with van der Waals surface area (Å²) in [6.45, 7) is 0.673. The van der Waals surface area contributed by atoms with Gasteiger partial charge in [-0.2, -0.15) is 0 Å². The Morgan fingerprint density at radius 1 is 0.950 bits per heavy atom. The van der Waals surface area contributed by atoms with Crippen LogP contribution in [0.4, 0.5) is 5.82 Å². The molecule has 0 bridgehead atoms. The summed E-state index contributed by atoms with van der Waals surface area (Å²) in [4.78, 5) is 31.9. The fraction of sp³-hybridized carbons (Fsp3) is 0.185. The molecule has 13 heteroatoms. The zero-order chi connectivity index (χ0) is 28.7. The minimum atomic E-state index is -4.19. The van der Waals surface area contributed by atoms with Crippen molar-refractivity contribution < 1.29 is 33.0 Å². The number of aromatic nitrogens is 2. The van der Waals surface area contributed by atoms with Gasteiger partial charge in [-0.1, -0.05) is 36.4 Å². The average molecular weight is 566 g/mol. The summed E-state index contributed by atoms with van der Waals surface area (Å²) in [5, 5.41) is 18.0. The zero-order valence-corrected chi connectivity index (χ0v) is 22.0. The van der Waals surface area contributed by atoms with Crippen LogP contribution in [0, 0.1) is 0 Å². The van der Waals surface area contributed by atoms with Gasteiger partial charge in [0.2, 0.25) is 10.0 Å². The number of fused-ring (bicyclic) bond motifs is 1. The number of aliphatic hydroxyl groups is 1. The maximum absolute atomic E-state index is 12.5. The molecule has 1 amide bonds. The quantitative estimate of drug-likeness (QED) is 0.0737. The van der Waals surface area contributed by atoms with Crippen molar-refractivity contribution in [3.8, 4) is 28.1 Å². The van der Waals surface area contributed by atoms with Gasteiger partial charge >= 0.3 is 5.97 Å². The van der Waals surface area contributed by atoms with Crippen LogP contribution in [0.1, 0.15) is 23.2 Å². The van der Waals surface area contributed by atoms with Crippen molar-refractivity contribution in [3.05, 3.63) is 72.4 Å². The van der Waals surface area contributed by atoms with E-state index in [1.165, 1.54) is 12.3 Å². The number of carboxylic acid groups (broad SMARTS) is 1. The summed E-state index contributed by atoms with van der Waals surface area (Å²) >= 11 is 0. The number of ether oxygens (including phenoxy) is 1. The highest BCUT2D eigenvalue weighted by atomic mass is 32.2. The molecule has 2 heterocycles. The number of hydrogen-bond donors (Lipinski definition) is 5. The number of benzene rings is 2. The summed E-state index contributed by atoms with van der Waals surface area (Å²) in [7, 11) is -4.19. The number of aliphatic carboxylic acids is 1. The van der Waals surface area contributed by atoms with Gasteiger partial charge in [-0.15, -0.1) is 0 Å². The lowest BCUT2D eigenvalue weighted by molar-refractivity contribution is -0.134. The zero-order valence-electron chi connectivity index (χ0n) is 21.2. The number of sulfonamides is 1. The molecule has 0 radical (unpaired) electrons. The number of aliphatic hydroxyl groups excluding tert-OH is 1. The van der Waals surface area contributed by atoms with E-state index < -0.39 is 27.7 Å². The Labute approximate surface area is 229 Å². The second-order valence-corrected chi connectivity index (χ2v) is 10.5. The number of amides is 1. The molecule has 0 saturated heterocycles. The third-order valence-electron chi connectivity index (χ3n) is 5.83. The number of nitrogens with zero attached hydrogens (tertiary/aromatic N) is 2. The van der Waals surface area contributed by atoms with Crippen LogP contribution in [0.2, 0.25) is 0 Å². The third kappa shape index (κ3) is 7.08. The molecule has 4 aromatic rings. The molecule has 2 aromatic heterocycles. The Morgan fingerprint density at radius 3 is 2.23 bits per heavy atom. The van der Waals surface area contributed by atoms with Crippen molar-refractivity contribution in [2.24, 2.45) is 5.84 Å². The first-order chi connectivity index (χ1) is 19.2. The van der Waals surface area contributed by atoms with Crippen molar-refractivity contribution in [1.82, 2.24) is 15.4 Å². The van der Waals surface area contributed by atoms with Crippen molar-refractivity contribution in [1.29, 1.82) is 0 Å². The SMILES string of the molecule is NNC(=O)c1cc(-c2ccc(-c3ccc(OCCCCO)cc3)cc2)nc2cc(NS(=O)(=O)CC(=O)O)ncc12. The molecule has 0 aliphatic heterocycles. The van der Waals surface area contributed by atoms with Crippen molar-refractivity contribution in [3.63, 3.8) is 0 Å². The molecule has 0 aliphatic carbocycles. The van der Waals surface area contributed by atoms with Gasteiger partial charge in [-0.05, 0) is 42.2 Å². The van der Waals surface area contributed by atoms with Crippen LogP contribution in [0.15, 0.2) is 66.9 Å². The first-order valence-electron chi connectivity index (χ1n) is 12.2. The number of nitrogens with one attached hydrogen (secondary N) is 2. The van der Waals surface area contributed by atoms with Gasteiger partial charge in [0.1, 0.15) is 11.6 Å².